The van der Waals surface area contributed by atoms with Crippen molar-refractivity contribution in [3.63, 3.8) is 0 Å². The van der Waals surface area contributed by atoms with E-state index in [4.69, 9.17) is 26.2 Å². The molecule has 1 aliphatic rings. The van der Waals surface area contributed by atoms with E-state index in [9.17, 15) is 17.6 Å². The predicted octanol–water partition coefficient (Wildman–Crippen LogP) is 5.43. The molecule has 184 valence electrons. The Hall–Kier alpha value is -3.14. The summed E-state index contributed by atoms with van der Waals surface area (Å²) in [6.07, 6.45) is 1.98. The van der Waals surface area contributed by atoms with E-state index < -0.39 is 34.5 Å². The third kappa shape index (κ3) is 5.42. The Balaban J connectivity index is 1.59. The predicted molar refractivity (Wildman–Crippen MR) is 128 cm³/mol. The number of ether oxygens (including phenoxy) is 2. The zero-order valence-corrected chi connectivity index (χ0v) is 20.4. The molecule has 1 aliphatic carbocycles. The third-order valence-corrected chi connectivity index (χ3v) is 8.00. The number of aliphatic carboxylic acids is 1. The molecule has 0 spiro atoms. The lowest BCUT2D eigenvalue weighted by molar-refractivity contribution is -0.139. The van der Waals surface area contributed by atoms with Gasteiger partial charge in [-0.05, 0) is 78.9 Å². The third-order valence-electron chi connectivity index (χ3n) is 5.84. The molecule has 4 rings (SSSR count). The van der Waals surface area contributed by atoms with E-state index in [2.05, 4.69) is 0 Å². The first-order valence-electron chi connectivity index (χ1n) is 10.8. The highest BCUT2D eigenvalue weighted by molar-refractivity contribution is 7.89. The van der Waals surface area contributed by atoms with Crippen LogP contribution in [0.15, 0.2) is 65.6 Å². The number of hydrogen-bond donors (Lipinski definition) is 1. The maximum absolute atomic E-state index is 13.5. The molecule has 0 saturated carbocycles. The summed E-state index contributed by atoms with van der Waals surface area (Å²) in [5.41, 5.74) is 1.60. The summed E-state index contributed by atoms with van der Waals surface area (Å²) in [6, 6.07) is 14.4. The zero-order chi connectivity index (χ0) is 25.2. The van der Waals surface area contributed by atoms with Gasteiger partial charge in [0.2, 0.25) is 10.0 Å². The zero-order valence-electron chi connectivity index (χ0n) is 18.8. The molecule has 0 aliphatic heterocycles. The number of hydrogen-bond acceptors (Lipinski definition) is 5. The summed E-state index contributed by atoms with van der Waals surface area (Å²) in [4.78, 5) is 10.9. The summed E-state index contributed by atoms with van der Waals surface area (Å²) < 4.78 is 52.5. The molecule has 0 radical (unpaired) electrons. The number of halogens is 2. The first-order valence-corrected chi connectivity index (χ1v) is 12.7. The van der Waals surface area contributed by atoms with E-state index in [0.29, 0.717) is 24.3 Å². The van der Waals surface area contributed by atoms with Crippen molar-refractivity contribution in [1.82, 2.24) is 4.31 Å². The minimum Gasteiger partial charge on any atom is -0.482 e. The van der Waals surface area contributed by atoms with Crippen LogP contribution in [0.5, 0.6) is 17.2 Å². The van der Waals surface area contributed by atoms with Crippen LogP contribution < -0.4 is 9.47 Å². The second-order valence-electron chi connectivity index (χ2n) is 8.08. The van der Waals surface area contributed by atoms with E-state index in [0.717, 1.165) is 17.5 Å². The lowest BCUT2D eigenvalue weighted by Crippen LogP contribution is -2.33. The van der Waals surface area contributed by atoms with Crippen LogP contribution in [0.3, 0.4) is 0 Å². The van der Waals surface area contributed by atoms with Crippen molar-refractivity contribution >= 4 is 27.6 Å². The molecule has 0 bridgehead atoms. The summed E-state index contributed by atoms with van der Waals surface area (Å²) >= 11 is 6.32. The number of rotatable bonds is 8. The average molecular weight is 520 g/mol. The summed E-state index contributed by atoms with van der Waals surface area (Å²) in [7, 11) is -2.42. The molecule has 1 N–H and O–H groups in total. The molecule has 35 heavy (non-hydrogen) atoms. The maximum Gasteiger partial charge on any atom is 0.341 e. The van der Waals surface area contributed by atoms with Gasteiger partial charge in [0.05, 0.1) is 16.0 Å². The number of carboxylic acid groups (broad SMARTS) is 1. The first-order chi connectivity index (χ1) is 16.7. The number of carbonyl (C=O) groups is 1. The van der Waals surface area contributed by atoms with Crippen molar-refractivity contribution in [1.29, 1.82) is 0 Å². The topological polar surface area (TPSA) is 93.1 Å². The average Bonchev–Trinajstić information content (AvgIpc) is 2.84. The van der Waals surface area contributed by atoms with Gasteiger partial charge in [-0.15, -0.1) is 0 Å². The smallest absolute Gasteiger partial charge is 0.341 e. The van der Waals surface area contributed by atoms with E-state index in [1.54, 1.807) is 12.1 Å². The van der Waals surface area contributed by atoms with Crippen molar-refractivity contribution in [2.45, 2.75) is 30.2 Å². The van der Waals surface area contributed by atoms with Crippen molar-refractivity contribution in [2.75, 3.05) is 13.7 Å². The van der Waals surface area contributed by atoms with Gasteiger partial charge in [-0.1, -0.05) is 23.7 Å². The molecule has 3 aromatic carbocycles. The minimum absolute atomic E-state index is 0.00172. The SMILES string of the molecule is CN([C@@H]1CCCc2c(OCC(=O)O)cccc21)S(=O)(=O)c1ccc(Oc2ccc(F)cc2)c(Cl)c1. The fourth-order valence-corrected chi connectivity index (χ4v) is 5.81. The van der Waals surface area contributed by atoms with Crippen molar-refractivity contribution in [2.24, 2.45) is 0 Å². The van der Waals surface area contributed by atoms with E-state index in [-0.39, 0.29) is 15.7 Å². The van der Waals surface area contributed by atoms with Gasteiger partial charge in [0.15, 0.2) is 6.61 Å². The molecule has 0 aromatic heterocycles. The molecule has 1 atom stereocenters. The lowest BCUT2D eigenvalue weighted by Gasteiger charge is -2.33. The highest BCUT2D eigenvalue weighted by Crippen LogP contribution is 2.41. The molecular weight excluding hydrogens is 497 g/mol. The molecule has 10 heteroatoms. The summed E-state index contributed by atoms with van der Waals surface area (Å²) in [5, 5.41) is 9.03. The number of fused-ring (bicyclic) bond motifs is 1. The van der Waals surface area contributed by atoms with Crippen LogP contribution in [0.25, 0.3) is 0 Å². The largest absolute Gasteiger partial charge is 0.482 e. The quantitative estimate of drug-likeness (QED) is 0.426. The van der Waals surface area contributed by atoms with Gasteiger partial charge in [-0.3, -0.25) is 0 Å². The molecule has 7 nitrogen and oxygen atoms in total. The van der Waals surface area contributed by atoms with Crippen molar-refractivity contribution < 1.29 is 32.2 Å². The Morgan fingerprint density at radius 1 is 1.14 bits per heavy atom. The van der Waals surface area contributed by atoms with Gasteiger partial charge in [0.1, 0.15) is 23.1 Å². The highest BCUT2D eigenvalue weighted by Gasteiger charge is 2.33. The normalized spacial score (nSPS) is 15.5. The van der Waals surface area contributed by atoms with Gasteiger partial charge in [0.25, 0.3) is 0 Å². The van der Waals surface area contributed by atoms with Gasteiger partial charge in [0, 0.05) is 7.05 Å². The second-order valence-corrected chi connectivity index (χ2v) is 10.5. The molecule has 0 saturated heterocycles. The monoisotopic (exact) mass is 519 g/mol. The molecule has 0 amide bonds. The van der Waals surface area contributed by atoms with E-state index in [1.165, 1.54) is 53.8 Å². The van der Waals surface area contributed by atoms with Crippen LogP contribution in [0.4, 0.5) is 4.39 Å². The Bertz CT molecular complexity index is 1350. The van der Waals surface area contributed by atoms with Gasteiger partial charge in [-0.2, -0.15) is 4.31 Å². The maximum atomic E-state index is 13.5. The Morgan fingerprint density at radius 2 is 1.89 bits per heavy atom. The molecule has 0 fully saturated rings. The van der Waals surface area contributed by atoms with Crippen molar-refractivity contribution in [3.05, 3.63) is 82.6 Å². The Morgan fingerprint density at radius 3 is 2.57 bits per heavy atom. The summed E-state index contributed by atoms with van der Waals surface area (Å²) in [5.74, 6) is -0.439. The van der Waals surface area contributed by atoms with Crippen LogP contribution >= 0.6 is 11.6 Å². The van der Waals surface area contributed by atoms with Crippen molar-refractivity contribution in [3.8, 4) is 17.2 Å². The second kappa shape index (κ2) is 10.2. The van der Waals surface area contributed by atoms with Crippen LogP contribution in [-0.4, -0.2) is 37.5 Å². The van der Waals surface area contributed by atoms with Gasteiger partial charge >= 0.3 is 5.97 Å². The van der Waals surface area contributed by atoms with Crippen LogP contribution in [0.2, 0.25) is 5.02 Å². The molecule has 0 heterocycles. The number of benzene rings is 3. The van der Waals surface area contributed by atoms with E-state index >= 15 is 0 Å². The number of sulfonamides is 1. The highest BCUT2D eigenvalue weighted by atomic mass is 35.5. The Labute approximate surface area is 207 Å². The molecule has 0 unspecified atom stereocenters. The van der Waals surface area contributed by atoms with E-state index in [1.807, 2.05) is 6.07 Å². The minimum atomic E-state index is -3.93. The number of nitrogens with zero attached hydrogens (tertiary/aromatic N) is 1. The lowest BCUT2D eigenvalue weighted by atomic mass is 9.87. The summed E-state index contributed by atoms with van der Waals surface area (Å²) in [6.45, 7) is -0.472. The first kappa shape index (κ1) is 25.0. The van der Waals surface area contributed by atoms with Crippen LogP contribution in [0, 0.1) is 5.82 Å². The fraction of sp³-hybridized carbons (Fsp3) is 0.240. The number of carboxylic acids is 1. The van der Waals surface area contributed by atoms with Crippen LogP contribution in [0.1, 0.15) is 30.0 Å². The molecule has 3 aromatic rings. The van der Waals surface area contributed by atoms with Gasteiger partial charge in [-0.25, -0.2) is 17.6 Å². The van der Waals surface area contributed by atoms with Gasteiger partial charge < -0.3 is 14.6 Å². The molecular formula is C25H23ClFNO6S. The standard InChI is InChI=1S/C25H23ClFNO6S/c1-28(22-6-2-5-20-19(22)4-3-7-23(20)33-15-25(29)30)35(31,32)18-12-13-24(21(26)14-18)34-17-10-8-16(27)9-11-17/h3-4,7-14,22H,2,5-6,15H2,1H3,(H,29,30)/t22-/m1/s1. The fourth-order valence-electron chi connectivity index (χ4n) is 4.13. The van der Waals surface area contributed by atoms with Crippen LogP contribution in [-0.2, 0) is 21.2 Å². The Kier molecular flexibility index (Phi) is 7.30.